The molecule has 0 radical (unpaired) electrons. The summed E-state index contributed by atoms with van der Waals surface area (Å²) in [4.78, 5) is 12.4. The van der Waals surface area contributed by atoms with Gasteiger partial charge in [0.05, 0.1) is 5.69 Å². The van der Waals surface area contributed by atoms with Crippen LogP contribution in [0.4, 0.5) is 5.69 Å². The van der Waals surface area contributed by atoms with Gasteiger partial charge in [-0.1, -0.05) is 28.0 Å². The van der Waals surface area contributed by atoms with E-state index in [1.54, 1.807) is 18.2 Å². The molecule has 0 spiro atoms. The molecular weight excluding hydrogens is 334 g/mol. The standard InChI is InChI=1S/C15H20BrN3O2/c1-9-2-4-10(5-3-9)15(20)18-13-8-11(16)6-7-12(13)14(17)19-21/h6-10,21H,2-5H2,1H3,(H2,17,19)(H,18,20). The highest BCUT2D eigenvalue weighted by atomic mass is 79.9. The van der Waals surface area contributed by atoms with Gasteiger partial charge in [-0.05, 0) is 49.8 Å². The molecule has 1 aliphatic rings. The number of hydrogen-bond acceptors (Lipinski definition) is 3. The number of benzene rings is 1. The van der Waals surface area contributed by atoms with Gasteiger partial charge in [-0.25, -0.2) is 0 Å². The average Bonchev–Trinajstić information content (AvgIpc) is 2.47. The maximum atomic E-state index is 12.4. The molecule has 0 saturated heterocycles. The monoisotopic (exact) mass is 353 g/mol. The lowest BCUT2D eigenvalue weighted by molar-refractivity contribution is -0.121. The topological polar surface area (TPSA) is 87.7 Å². The molecule has 0 atom stereocenters. The molecule has 114 valence electrons. The number of amidine groups is 1. The highest BCUT2D eigenvalue weighted by molar-refractivity contribution is 9.10. The van der Waals surface area contributed by atoms with Gasteiger partial charge in [-0.3, -0.25) is 4.79 Å². The summed E-state index contributed by atoms with van der Waals surface area (Å²) < 4.78 is 0.824. The number of carbonyl (C=O) groups excluding carboxylic acids is 1. The molecule has 0 bridgehead atoms. The molecule has 5 nitrogen and oxygen atoms in total. The lowest BCUT2D eigenvalue weighted by Crippen LogP contribution is -2.28. The van der Waals surface area contributed by atoms with Crippen LogP contribution in [0.2, 0.25) is 0 Å². The molecule has 1 saturated carbocycles. The van der Waals surface area contributed by atoms with E-state index in [-0.39, 0.29) is 17.7 Å². The average molecular weight is 354 g/mol. The third-order valence-corrected chi connectivity index (χ3v) is 4.50. The van der Waals surface area contributed by atoms with Crippen LogP contribution in [-0.2, 0) is 4.79 Å². The molecule has 0 heterocycles. The number of anilines is 1. The molecule has 2 rings (SSSR count). The minimum absolute atomic E-state index is 0.00647. The number of hydrogen-bond donors (Lipinski definition) is 3. The highest BCUT2D eigenvalue weighted by Gasteiger charge is 2.25. The largest absolute Gasteiger partial charge is 0.409 e. The number of nitrogens with two attached hydrogens (primary N) is 1. The summed E-state index contributed by atoms with van der Waals surface area (Å²) in [6.45, 7) is 2.22. The molecule has 0 aliphatic heterocycles. The first-order valence-electron chi connectivity index (χ1n) is 7.09. The van der Waals surface area contributed by atoms with Gasteiger partial charge in [0, 0.05) is 16.0 Å². The van der Waals surface area contributed by atoms with Crippen molar-refractivity contribution in [1.82, 2.24) is 0 Å². The van der Waals surface area contributed by atoms with Crippen LogP contribution in [0, 0.1) is 11.8 Å². The van der Waals surface area contributed by atoms with E-state index in [2.05, 4.69) is 33.3 Å². The second kappa shape index (κ2) is 6.93. The smallest absolute Gasteiger partial charge is 0.227 e. The zero-order valence-corrected chi connectivity index (χ0v) is 13.6. The fourth-order valence-electron chi connectivity index (χ4n) is 2.65. The highest BCUT2D eigenvalue weighted by Crippen LogP contribution is 2.30. The Hall–Kier alpha value is -1.56. The van der Waals surface area contributed by atoms with Gasteiger partial charge in [-0.2, -0.15) is 0 Å². The maximum absolute atomic E-state index is 12.4. The molecular formula is C15H20BrN3O2. The van der Waals surface area contributed by atoms with E-state index in [1.807, 2.05) is 0 Å². The van der Waals surface area contributed by atoms with Gasteiger partial charge in [0.1, 0.15) is 0 Å². The number of nitrogens with zero attached hydrogens (tertiary/aromatic N) is 1. The number of rotatable bonds is 3. The predicted molar refractivity (Wildman–Crippen MR) is 86.4 cm³/mol. The van der Waals surface area contributed by atoms with E-state index in [1.165, 1.54) is 0 Å². The first-order valence-corrected chi connectivity index (χ1v) is 7.89. The lowest BCUT2D eigenvalue weighted by atomic mass is 9.82. The van der Waals surface area contributed by atoms with Crippen LogP contribution < -0.4 is 11.1 Å². The van der Waals surface area contributed by atoms with Gasteiger partial charge >= 0.3 is 0 Å². The SMILES string of the molecule is CC1CCC(C(=O)Nc2cc(Br)ccc2/C(N)=N/O)CC1. The summed E-state index contributed by atoms with van der Waals surface area (Å²) in [5.41, 5.74) is 6.72. The van der Waals surface area contributed by atoms with Crippen molar-refractivity contribution in [3.63, 3.8) is 0 Å². The van der Waals surface area contributed by atoms with E-state index in [0.29, 0.717) is 17.2 Å². The summed E-state index contributed by atoms with van der Waals surface area (Å²) in [5, 5.41) is 14.7. The first kappa shape index (κ1) is 15.8. The van der Waals surface area contributed by atoms with Crippen LogP contribution in [0.3, 0.4) is 0 Å². The van der Waals surface area contributed by atoms with Crippen LogP contribution in [-0.4, -0.2) is 17.0 Å². The van der Waals surface area contributed by atoms with Crippen molar-refractivity contribution in [3.05, 3.63) is 28.2 Å². The summed E-state index contributed by atoms with van der Waals surface area (Å²) in [7, 11) is 0. The van der Waals surface area contributed by atoms with Gasteiger partial charge in [0.15, 0.2) is 5.84 Å². The molecule has 0 aromatic heterocycles. The fraction of sp³-hybridized carbons (Fsp3) is 0.467. The van der Waals surface area contributed by atoms with Crippen LogP contribution >= 0.6 is 15.9 Å². The minimum atomic E-state index is -0.0185. The molecule has 4 N–H and O–H groups in total. The second-order valence-electron chi connectivity index (χ2n) is 5.62. The Morgan fingerprint density at radius 3 is 2.67 bits per heavy atom. The van der Waals surface area contributed by atoms with Gasteiger partial charge in [0.2, 0.25) is 5.91 Å². The van der Waals surface area contributed by atoms with Crippen LogP contribution in [0.5, 0.6) is 0 Å². The Kier molecular flexibility index (Phi) is 5.22. The van der Waals surface area contributed by atoms with E-state index in [4.69, 9.17) is 10.9 Å². The lowest BCUT2D eigenvalue weighted by Gasteiger charge is -2.25. The number of carbonyl (C=O) groups is 1. The third kappa shape index (κ3) is 3.97. The van der Waals surface area contributed by atoms with Crippen LogP contribution in [0.15, 0.2) is 27.8 Å². The molecule has 1 fully saturated rings. The molecule has 0 unspecified atom stereocenters. The van der Waals surface area contributed by atoms with Crippen molar-refractivity contribution in [2.75, 3.05) is 5.32 Å². The number of oxime groups is 1. The van der Waals surface area contributed by atoms with Crippen molar-refractivity contribution in [2.45, 2.75) is 32.6 Å². The minimum Gasteiger partial charge on any atom is -0.409 e. The number of amides is 1. The fourth-order valence-corrected chi connectivity index (χ4v) is 3.02. The zero-order valence-electron chi connectivity index (χ0n) is 12.0. The Balaban J connectivity index is 2.15. The Labute approximate surface area is 132 Å². The summed E-state index contributed by atoms with van der Waals surface area (Å²) in [6, 6.07) is 5.25. The normalized spacial score (nSPS) is 22.9. The van der Waals surface area contributed by atoms with Crippen LogP contribution in [0.25, 0.3) is 0 Å². The van der Waals surface area contributed by atoms with E-state index >= 15 is 0 Å². The predicted octanol–water partition coefficient (Wildman–Crippen LogP) is 3.31. The van der Waals surface area contributed by atoms with E-state index < -0.39 is 0 Å². The van der Waals surface area contributed by atoms with Crippen molar-refractivity contribution in [2.24, 2.45) is 22.7 Å². The van der Waals surface area contributed by atoms with Gasteiger partial charge in [-0.15, -0.1) is 0 Å². The van der Waals surface area contributed by atoms with E-state index in [9.17, 15) is 4.79 Å². The first-order chi connectivity index (χ1) is 10.0. The van der Waals surface area contributed by atoms with Gasteiger partial charge < -0.3 is 16.3 Å². The van der Waals surface area contributed by atoms with Crippen molar-refractivity contribution in [1.29, 1.82) is 0 Å². The van der Waals surface area contributed by atoms with E-state index in [0.717, 1.165) is 30.2 Å². The molecule has 21 heavy (non-hydrogen) atoms. The maximum Gasteiger partial charge on any atom is 0.227 e. The van der Waals surface area contributed by atoms with Gasteiger partial charge in [0.25, 0.3) is 0 Å². The summed E-state index contributed by atoms with van der Waals surface area (Å²) >= 11 is 3.37. The molecule has 1 aromatic rings. The molecule has 1 amide bonds. The van der Waals surface area contributed by atoms with Crippen molar-refractivity contribution >= 4 is 33.4 Å². The Morgan fingerprint density at radius 2 is 2.05 bits per heavy atom. The molecule has 1 aliphatic carbocycles. The summed E-state index contributed by atoms with van der Waals surface area (Å²) in [5.74, 6) is 0.732. The second-order valence-corrected chi connectivity index (χ2v) is 6.54. The number of halogens is 1. The quantitative estimate of drug-likeness (QED) is 0.337. The van der Waals surface area contributed by atoms with Crippen molar-refractivity contribution in [3.8, 4) is 0 Å². The number of nitrogens with one attached hydrogen (secondary N) is 1. The van der Waals surface area contributed by atoms with Crippen LogP contribution in [0.1, 0.15) is 38.2 Å². The summed E-state index contributed by atoms with van der Waals surface area (Å²) in [6.07, 6.45) is 4.01. The Bertz CT molecular complexity index is 552. The Morgan fingerprint density at radius 1 is 1.38 bits per heavy atom. The molecule has 1 aromatic carbocycles. The molecule has 6 heteroatoms. The van der Waals surface area contributed by atoms with Crippen molar-refractivity contribution < 1.29 is 10.0 Å². The zero-order chi connectivity index (χ0) is 15.4. The third-order valence-electron chi connectivity index (χ3n) is 4.01.